The zero-order valence-corrected chi connectivity index (χ0v) is 11.4. The molecule has 1 amide bonds. The molecule has 1 saturated carbocycles. The molecule has 18 heavy (non-hydrogen) atoms. The highest BCUT2D eigenvalue weighted by molar-refractivity contribution is 6.31. The third-order valence-electron chi connectivity index (χ3n) is 3.39. The summed E-state index contributed by atoms with van der Waals surface area (Å²) < 4.78 is 0. The summed E-state index contributed by atoms with van der Waals surface area (Å²) in [6.07, 6.45) is 2.51. The normalized spacial score (nSPS) is 16.9. The maximum Gasteiger partial charge on any atom is 0.244 e. The van der Waals surface area contributed by atoms with Crippen molar-refractivity contribution in [3.63, 3.8) is 0 Å². The third kappa shape index (κ3) is 2.44. The highest BCUT2D eigenvalue weighted by Gasteiger charge is 2.40. The van der Waals surface area contributed by atoms with E-state index in [0.29, 0.717) is 10.7 Å². The number of amides is 1. The quantitative estimate of drug-likeness (QED) is 0.883. The van der Waals surface area contributed by atoms with Gasteiger partial charge in [0, 0.05) is 19.1 Å². The van der Waals surface area contributed by atoms with Crippen molar-refractivity contribution in [2.45, 2.75) is 24.8 Å². The molecule has 0 spiro atoms. The van der Waals surface area contributed by atoms with Gasteiger partial charge >= 0.3 is 0 Å². The maximum absolute atomic E-state index is 12.1. The summed E-state index contributed by atoms with van der Waals surface area (Å²) in [7, 11) is 3.83. The van der Waals surface area contributed by atoms with Crippen molar-refractivity contribution in [2.75, 3.05) is 24.3 Å². The molecular weight excluding hydrogens is 250 g/mol. The second-order valence-electron chi connectivity index (χ2n) is 5.02. The fourth-order valence-electron chi connectivity index (χ4n) is 2.03. The lowest BCUT2D eigenvalue weighted by Gasteiger charge is -2.36. The summed E-state index contributed by atoms with van der Waals surface area (Å²) in [6.45, 7) is 0. The summed E-state index contributed by atoms with van der Waals surface area (Å²) in [5, 5.41) is 3.48. The molecule has 0 aromatic heterocycles. The number of rotatable bonds is 3. The van der Waals surface area contributed by atoms with Crippen molar-refractivity contribution in [3.8, 4) is 0 Å². The van der Waals surface area contributed by atoms with Gasteiger partial charge in [-0.3, -0.25) is 4.79 Å². The Hall–Kier alpha value is -1.26. The molecule has 2 rings (SSSR count). The molecule has 5 heteroatoms. The predicted octanol–water partition coefficient (Wildman–Crippen LogP) is 2.23. The van der Waals surface area contributed by atoms with Crippen LogP contribution < -0.4 is 16.0 Å². The van der Waals surface area contributed by atoms with Gasteiger partial charge in [-0.15, -0.1) is 0 Å². The SMILES string of the molecule is CN(C)c1ccc(Cl)cc1NC(=O)C1(N)CCC1. The van der Waals surface area contributed by atoms with Crippen molar-refractivity contribution >= 4 is 28.9 Å². The molecule has 0 aliphatic heterocycles. The van der Waals surface area contributed by atoms with Crippen LogP contribution in [0.5, 0.6) is 0 Å². The summed E-state index contributed by atoms with van der Waals surface area (Å²) in [5.74, 6) is -0.126. The molecule has 0 radical (unpaired) electrons. The smallest absolute Gasteiger partial charge is 0.244 e. The van der Waals surface area contributed by atoms with Crippen LogP contribution in [0.15, 0.2) is 18.2 Å². The Morgan fingerprint density at radius 1 is 1.44 bits per heavy atom. The molecule has 1 aliphatic rings. The Kier molecular flexibility index (Phi) is 3.50. The standard InChI is InChI=1S/C13H18ClN3O/c1-17(2)11-5-4-9(14)8-10(11)16-12(18)13(15)6-3-7-13/h4-5,8H,3,6-7,15H2,1-2H3,(H,16,18). The first-order valence-electron chi connectivity index (χ1n) is 5.99. The molecule has 1 fully saturated rings. The van der Waals surface area contributed by atoms with E-state index in [1.54, 1.807) is 12.1 Å². The van der Waals surface area contributed by atoms with E-state index < -0.39 is 5.54 Å². The summed E-state index contributed by atoms with van der Waals surface area (Å²) in [5.41, 5.74) is 6.91. The topological polar surface area (TPSA) is 58.4 Å². The molecule has 0 bridgehead atoms. The molecule has 0 saturated heterocycles. The number of nitrogens with two attached hydrogens (primary N) is 1. The Labute approximate surface area is 112 Å². The number of hydrogen-bond acceptors (Lipinski definition) is 3. The number of anilines is 2. The second-order valence-corrected chi connectivity index (χ2v) is 5.46. The summed E-state index contributed by atoms with van der Waals surface area (Å²) >= 11 is 5.97. The van der Waals surface area contributed by atoms with Crippen molar-refractivity contribution in [2.24, 2.45) is 5.73 Å². The highest BCUT2D eigenvalue weighted by Crippen LogP contribution is 2.33. The van der Waals surface area contributed by atoms with Crippen LogP contribution in [-0.2, 0) is 4.79 Å². The van der Waals surface area contributed by atoms with Gasteiger partial charge in [0.25, 0.3) is 0 Å². The van der Waals surface area contributed by atoms with Gasteiger partial charge in [0.05, 0.1) is 16.9 Å². The van der Waals surface area contributed by atoms with Gasteiger partial charge in [-0.2, -0.15) is 0 Å². The lowest BCUT2D eigenvalue weighted by Crippen LogP contribution is -2.56. The number of carbonyl (C=O) groups excluding carboxylic acids is 1. The molecule has 0 unspecified atom stereocenters. The van der Waals surface area contributed by atoms with Gasteiger partial charge in [-0.1, -0.05) is 11.6 Å². The average molecular weight is 268 g/mol. The fraction of sp³-hybridized carbons (Fsp3) is 0.462. The molecule has 1 aliphatic carbocycles. The van der Waals surface area contributed by atoms with Crippen molar-refractivity contribution < 1.29 is 4.79 Å². The van der Waals surface area contributed by atoms with E-state index in [1.807, 2.05) is 25.1 Å². The minimum absolute atomic E-state index is 0.126. The molecule has 1 aromatic carbocycles. The van der Waals surface area contributed by atoms with Gasteiger partial charge in [0.2, 0.25) is 5.91 Å². The largest absolute Gasteiger partial charge is 0.376 e. The molecule has 98 valence electrons. The molecule has 3 N–H and O–H groups in total. The van der Waals surface area contributed by atoms with E-state index in [1.165, 1.54) is 0 Å². The first-order chi connectivity index (χ1) is 8.42. The minimum Gasteiger partial charge on any atom is -0.376 e. The summed E-state index contributed by atoms with van der Waals surface area (Å²) in [4.78, 5) is 14.0. The predicted molar refractivity (Wildman–Crippen MR) is 75.2 cm³/mol. The molecule has 4 nitrogen and oxygen atoms in total. The summed E-state index contributed by atoms with van der Waals surface area (Å²) in [6, 6.07) is 5.42. The van der Waals surface area contributed by atoms with Gasteiger partial charge in [0.15, 0.2) is 0 Å². The molecular formula is C13H18ClN3O. The fourth-order valence-corrected chi connectivity index (χ4v) is 2.20. The lowest BCUT2D eigenvalue weighted by molar-refractivity contribution is -0.123. The van der Waals surface area contributed by atoms with Crippen LogP contribution in [-0.4, -0.2) is 25.5 Å². The zero-order chi connectivity index (χ0) is 13.3. The first kappa shape index (κ1) is 13.2. The van der Waals surface area contributed by atoms with E-state index in [0.717, 1.165) is 24.9 Å². The maximum atomic E-state index is 12.1. The van der Waals surface area contributed by atoms with Crippen LogP contribution >= 0.6 is 11.6 Å². The zero-order valence-electron chi connectivity index (χ0n) is 10.7. The lowest BCUT2D eigenvalue weighted by atomic mass is 9.77. The number of benzene rings is 1. The van der Waals surface area contributed by atoms with Crippen molar-refractivity contribution in [3.05, 3.63) is 23.2 Å². The molecule has 1 aromatic rings. The van der Waals surface area contributed by atoms with E-state index in [9.17, 15) is 4.79 Å². The van der Waals surface area contributed by atoms with Crippen LogP contribution in [0.3, 0.4) is 0 Å². The Balaban J connectivity index is 2.22. The molecule has 0 heterocycles. The van der Waals surface area contributed by atoms with Gasteiger partial charge in [-0.25, -0.2) is 0 Å². The van der Waals surface area contributed by atoms with E-state index in [-0.39, 0.29) is 5.91 Å². The average Bonchev–Trinajstić information content (AvgIpc) is 2.25. The number of hydrogen-bond donors (Lipinski definition) is 2. The van der Waals surface area contributed by atoms with Gasteiger partial charge in [-0.05, 0) is 37.5 Å². The van der Waals surface area contributed by atoms with Gasteiger partial charge < -0.3 is 16.0 Å². The van der Waals surface area contributed by atoms with Gasteiger partial charge in [0.1, 0.15) is 0 Å². The van der Waals surface area contributed by atoms with E-state index in [4.69, 9.17) is 17.3 Å². The number of carbonyl (C=O) groups is 1. The monoisotopic (exact) mass is 267 g/mol. The van der Waals surface area contributed by atoms with Crippen LogP contribution in [0.2, 0.25) is 5.02 Å². The first-order valence-corrected chi connectivity index (χ1v) is 6.37. The Bertz CT molecular complexity index is 469. The van der Waals surface area contributed by atoms with Crippen LogP contribution in [0.1, 0.15) is 19.3 Å². The molecule has 0 atom stereocenters. The Morgan fingerprint density at radius 3 is 2.61 bits per heavy atom. The minimum atomic E-state index is -0.702. The number of halogens is 1. The number of nitrogens with one attached hydrogen (secondary N) is 1. The second kappa shape index (κ2) is 4.78. The van der Waals surface area contributed by atoms with Crippen LogP contribution in [0.4, 0.5) is 11.4 Å². The van der Waals surface area contributed by atoms with Crippen LogP contribution in [0, 0.1) is 0 Å². The van der Waals surface area contributed by atoms with Crippen molar-refractivity contribution in [1.82, 2.24) is 0 Å². The Morgan fingerprint density at radius 2 is 2.11 bits per heavy atom. The third-order valence-corrected chi connectivity index (χ3v) is 3.62. The highest BCUT2D eigenvalue weighted by atomic mass is 35.5. The van der Waals surface area contributed by atoms with Crippen molar-refractivity contribution in [1.29, 1.82) is 0 Å². The van der Waals surface area contributed by atoms with E-state index in [2.05, 4.69) is 5.32 Å². The van der Waals surface area contributed by atoms with E-state index >= 15 is 0 Å². The van der Waals surface area contributed by atoms with Crippen LogP contribution in [0.25, 0.3) is 0 Å². The number of nitrogens with zero attached hydrogens (tertiary/aromatic N) is 1.